The lowest BCUT2D eigenvalue weighted by atomic mass is 10.2. The molecule has 0 unspecified atom stereocenters. The van der Waals surface area contributed by atoms with Crippen molar-refractivity contribution in [3.05, 3.63) is 42.0 Å². The highest BCUT2D eigenvalue weighted by Gasteiger charge is 2.29. The van der Waals surface area contributed by atoms with Crippen molar-refractivity contribution in [3.8, 4) is 0 Å². The van der Waals surface area contributed by atoms with Crippen LogP contribution < -0.4 is 4.90 Å². The third-order valence-electron chi connectivity index (χ3n) is 3.01. The summed E-state index contributed by atoms with van der Waals surface area (Å²) in [7, 11) is 0. The molecule has 3 heterocycles. The Morgan fingerprint density at radius 3 is 2.84 bits per heavy atom. The SMILES string of the molecule is FC(F)(F)Cn1cc(N2Cc3cccnc3C2)cn1. The summed E-state index contributed by atoms with van der Waals surface area (Å²) < 4.78 is 37.7. The van der Waals surface area contributed by atoms with Crippen LogP contribution >= 0.6 is 0 Å². The smallest absolute Gasteiger partial charge is 0.359 e. The van der Waals surface area contributed by atoms with Gasteiger partial charge >= 0.3 is 6.18 Å². The Balaban J connectivity index is 1.75. The third kappa shape index (κ3) is 2.54. The minimum absolute atomic E-state index is 0.605. The zero-order valence-corrected chi connectivity index (χ0v) is 9.93. The van der Waals surface area contributed by atoms with Gasteiger partial charge in [0.25, 0.3) is 0 Å². The predicted octanol–water partition coefficient (Wildman–Crippen LogP) is 2.36. The first-order chi connectivity index (χ1) is 9.01. The molecule has 0 radical (unpaired) electrons. The lowest BCUT2D eigenvalue weighted by molar-refractivity contribution is -0.142. The fraction of sp³-hybridized carbons (Fsp3) is 0.333. The number of hydrogen-bond acceptors (Lipinski definition) is 3. The summed E-state index contributed by atoms with van der Waals surface area (Å²) in [6.45, 7) is 0.195. The summed E-state index contributed by atoms with van der Waals surface area (Å²) >= 11 is 0. The molecule has 3 rings (SSSR count). The molecule has 0 atom stereocenters. The molecular weight excluding hydrogens is 257 g/mol. The van der Waals surface area contributed by atoms with E-state index in [9.17, 15) is 13.2 Å². The first-order valence-electron chi connectivity index (χ1n) is 5.78. The standard InChI is InChI=1S/C12H11F3N4/c13-12(14,15)8-19-6-10(4-17-19)18-5-9-2-1-3-16-11(9)7-18/h1-4,6H,5,7-8H2. The van der Waals surface area contributed by atoms with Crippen LogP contribution in [-0.2, 0) is 19.6 Å². The summed E-state index contributed by atoms with van der Waals surface area (Å²) in [5.41, 5.74) is 2.75. The van der Waals surface area contributed by atoms with Crippen LogP contribution in [0.1, 0.15) is 11.3 Å². The normalized spacial score (nSPS) is 14.8. The van der Waals surface area contributed by atoms with E-state index in [4.69, 9.17) is 0 Å². The number of pyridine rings is 1. The number of anilines is 1. The lowest BCUT2D eigenvalue weighted by Crippen LogP contribution is -2.18. The molecule has 2 aromatic heterocycles. The zero-order chi connectivity index (χ0) is 13.5. The summed E-state index contributed by atoms with van der Waals surface area (Å²) in [5.74, 6) is 0. The highest BCUT2D eigenvalue weighted by atomic mass is 19.4. The molecule has 2 aromatic rings. The number of alkyl halides is 3. The van der Waals surface area contributed by atoms with E-state index in [0.29, 0.717) is 18.8 Å². The molecule has 0 N–H and O–H groups in total. The summed E-state index contributed by atoms with van der Waals surface area (Å²) in [5, 5.41) is 3.74. The van der Waals surface area contributed by atoms with Gasteiger partial charge in [-0.25, -0.2) is 0 Å². The lowest BCUT2D eigenvalue weighted by Gasteiger charge is -2.14. The van der Waals surface area contributed by atoms with Crippen LogP contribution in [0.4, 0.5) is 18.9 Å². The van der Waals surface area contributed by atoms with Crippen molar-refractivity contribution >= 4 is 5.69 Å². The molecule has 0 aliphatic carbocycles. The van der Waals surface area contributed by atoms with Crippen molar-refractivity contribution in [2.45, 2.75) is 25.8 Å². The number of fused-ring (bicyclic) bond motifs is 1. The van der Waals surface area contributed by atoms with E-state index in [1.165, 1.54) is 12.4 Å². The Bertz CT molecular complexity index is 566. The maximum absolute atomic E-state index is 12.3. The van der Waals surface area contributed by atoms with Gasteiger partial charge in [-0.3, -0.25) is 9.67 Å². The van der Waals surface area contributed by atoms with Crippen molar-refractivity contribution < 1.29 is 13.2 Å². The molecule has 0 amide bonds. The molecule has 1 aliphatic heterocycles. The van der Waals surface area contributed by atoms with Crippen molar-refractivity contribution in [3.63, 3.8) is 0 Å². The number of aromatic nitrogens is 3. The number of rotatable bonds is 2. The molecule has 0 fully saturated rings. The quantitative estimate of drug-likeness (QED) is 0.838. The number of halogens is 3. The van der Waals surface area contributed by atoms with E-state index in [2.05, 4.69) is 10.1 Å². The second kappa shape index (κ2) is 4.25. The van der Waals surface area contributed by atoms with Gasteiger partial charge in [0, 0.05) is 18.9 Å². The first kappa shape index (κ1) is 12.0. The Morgan fingerprint density at radius 1 is 1.26 bits per heavy atom. The van der Waals surface area contributed by atoms with E-state index in [1.807, 2.05) is 17.0 Å². The van der Waals surface area contributed by atoms with Gasteiger partial charge in [-0.1, -0.05) is 6.07 Å². The van der Waals surface area contributed by atoms with Crippen LogP contribution in [0, 0.1) is 0 Å². The van der Waals surface area contributed by atoms with E-state index in [1.54, 1.807) is 6.20 Å². The maximum atomic E-state index is 12.3. The topological polar surface area (TPSA) is 34.0 Å². The fourth-order valence-electron chi connectivity index (χ4n) is 2.17. The number of nitrogens with zero attached hydrogens (tertiary/aromatic N) is 4. The van der Waals surface area contributed by atoms with Crippen molar-refractivity contribution in [1.29, 1.82) is 0 Å². The van der Waals surface area contributed by atoms with Crippen LogP contribution in [0.25, 0.3) is 0 Å². The molecule has 0 saturated heterocycles. The zero-order valence-electron chi connectivity index (χ0n) is 9.93. The van der Waals surface area contributed by atoms with Crippen LogP contribution in [0.3, 0.4) is 0 Å². The molecule has 0 saturated carbocycles. The van der Waals surface area contributed by atoms with E-state index in [-0.39, 0.29) is 0 Å². The monoisotopic (exact) mass is 268 g/mol. The Labute approximate surface area is 107 Å². The molecule has 0 aromatic carbocycles. The molecular formula is C12H11F3N4. The molecule has 0 bridgehead atoms. The molecule has 1 aliphatic rings. The van der Waals surface area contributed by atoms with Gasteiger partial charge in [-0.05, 0) is 11.6 Å². The van der Waals surface area contributed by atoms with E-state index >= 15 is 0 Å². The minimum Gasteiger partial charge on any atom is -0.359 e. The van der Waals surface area contributed by atoms with Gasteiger partial charge in [-0.2, -0.15) is 18.3 Å². The van der Waals surface area contributed by atoms with Crippen LogP contribution in [0.2, 0.25) is 0 Å². The highest BCUT2D eigenvalue weighted by Crippen LogP contribution is 2.27. The fourth-order valence-corrected chi connectivity index (χ4v) is 2.17. The molecule has 19 heavy (non-hydrogen) atoms. The molecule has 0 spiro atoms. The predicted molar refractivity (Wildman–Crippen MR) is 62.4 cm³/mol. The summed E-state index contributed by atoms with van der Waals surface area (Å²) in [6, 6.07) is 3.83. The van der Waals surface area contributed by atoms with Crippen LogP contribution in [0.5, 0.6) is 0 Å². The minimum atomic E-state index is -4.25. The van der Waals surface area contributed by atoms with Gasteiger partial charge in [0.15, 0.2) is 0 Å². The van der Waals surface area contributed by atoms with E-state index < -0.39 is 12.7 Å². The molecule has 7 heteroatoms. The Morgan fingerprint density at radius 2 is 2.11 bits per heavy atom. The van der Waals surface area contributed by atoms with Crippen molar-refractivity contribution in [2.75, 3.05) is 4.90 Å². The van der Waals surface area contributed by atoms with Gasteiger partial charge < -0.3 is 4.90 Å². The van der Waals surface area contributed by atoms with E-state index in [0.717, 1.165) is 15.9 Å². The molecule has 100 valence electrons. The maximum Gasteiger partial charge on any atom is 0.408 e. The Kier molecular flexibility index (Phi) is 2.69. The first-order valence-corrected chi connectivity index (χ1v) is 5.78. The second-order valence-corrected chi connectivity index (χ2v) is 4.48. The Hall–Kier alpha value is -2.05. The molecule has 4 nitrogen and oxygen atoms in total. The third-order valence-corrected chi connectivity index (χ3v) is 3.01. The summed E-state index contributed by atoms with van der Waals surface area (Å²) in [6.07, 6.45) is 0.339. The highest BCUT2D eigenvalue weighted by molar-refractivity contribution is 5.47. The van der Waals surface area contributed by atoms with Gasteiger partial charge in [0.05, 0.1) is 24.1 Å². The van der Waals surface area contributed by atoms with Gasteiger partial charge in [0.1, 0.15) is 6.54 Å². The van der Waals surface area contributed by atoms with Gasteiger partial charge in [-0.15, -0.1) is 0 Å². The largest absolute Gasteiger partial charge is 0.408 e. The van der Waals surface area contributed by atoms with Crippen molar-refractivity contribution in [2.24, 2.45) is 0 Å². The number of hydrogen-bond donors (Lipinski definition) is 0. The second-order valence-electron chi connectivity index (χ2n) is 4.48. The van der Waals surface area contributed by atoms with Gasteiger partial charge in [0.2, 0.25) is 0 Å². The average Bonchev–Trinajstić information content (AvgIpc) is 2.91. The van der Waals surface area contributed by atoms with Crippen LogP contribution in [0.15, 0.2) is 30.7 Å². The van der Waals surface area contributed by atoms with Crippen LogP contribution in [-0.4, -0.2) is 20.9 Å². The summed E-state index contributed by atoms with van der Waals surface area (Å²) in [4.78, 5) is 6.21. The average molecular weight is 268 g/mol. The van der Waals surface area contributed by atoms with Crippen molar-refractivity contribution in [1.82, 2.24) is 14.8 Å².